The number of aryl methyl sites for hydroxylation is 2. The highest BCUT2D eigenvalue weighted by Gasteiger charge is 2.27. The number of hydrogen-bond acceptors (Lipinski definition) is 2. The number of carbonyl (C=O) groups is 2. The Bertz CT molecular complexity index is 955. The van der Waals surface area contributed by atoms with Crippen LogP contribution in [0.3, 0.4) is 0 Å². The molecule has 4 N–H and O–H groups in total. The molecule has 0 aromatic carbocycles. The van der Waals surface area contributed by atoms with E-state index in [1.807, 2.05) is 0 Å². The zero-order valence-electron chi connectivity index (χ0n) is 28.6. The summed E-state index contributed by atoms with van der Waals surface area (Å²) in [5, 5.41) is 12.3. The zero-order chi connectivity index (χ0) is 32.3. The fourth-order valence-corrected chi connectivity index (χ4v) is 6.45. The largest absolute Gasteiger partial charge is 0.338 e. The molecule has 2 aromatic heterocycles. The van der Waals surface area contributed by atoms with Crippen molar-refractivity contribution in [2.45, 2.75) is 154 Å². The molecule has 0 unspecified atom stereocenters. The summed E-state index contributed by atoms with van der Waals surface area (Å²) < 4.78 is 4.51. The van der Waals surface area contributed by atoms with E-state index in [4.69, 9.17) is 0 Å². The Balaban J connectivity index is 1.10. The van der Waals surface area contributed by atoms with Crippen LogP contribution in [-0.4, -0.2) is 37.2 Å². The lowest BCUT2D eigenvalue weighted by molar-refractivity contribution is -0.697. The third kappa shape index (κ3) is 18.1. The van der Waals surface area contributed by atoms with E-state index in [0.717, 1.165) is 64.5 Å². The number of hydrogen-bond donors (Lipinski definition) is 4. The first-order valence-electron chi connectivity index (χ1n) is 18.7. The summed E-state index contributed by atoms with van der Waals surface area (Å²) in [6.45, 7) is 3.63. The van der Waals surface area contributed by atoms with Gasteiger partial charge in [-0.05, 0) is 38.5 Å². The Kier molecular flexibility index (Phi) is 20.3. The van der Waals surface area contributed by atoms with Crippen LogP contribution in [0.5, 0.6) is 0 Å². The van der Waals surface area contributed by atoms with Crippen molar-refractivity contribution in [2.24, 2.45) is 0 Å². The van der Waals surface area contributed by atoms with Gasteiger partial charge in [0.25, 0.3) is 0 Å². The summed E-state index contributed by atoms with van der Waals surface area (Å²) in [6.07, 6.45) is 32.2. The minimum Gasteiger partial charge on any atom is -0.338 e. The second-order valence-corrected chi connectivity index (χ2v) is 13.2. The molecule has 8 nitrogen and oxygen atoms in total. The Morgan fingerprint density at radius 3 is 1.15 bits per heavy atom. The SMILES string of the molecule is O=C(NCCCCCCCCCC[n+]1ccccc1)N[C@@H]1CCCC[C@H]1NC(=O)NCCCCCCCCCC[n+]1ccccc1. The number of rotatable bonds is 24. The molecule has 3 rings (SSSR count). The van der Waals surface area contributed by atoms with E-state index in [1.54, 1.807) is 0 Å². The number of nitrogens with one attached hydrogen (secondary N) is 4. The van der Waals surface area contributed by atoms with Crippen LogP contribution in [0.2, 0.25) is 0 Å². The smallest absolute Gasteiger partial charge is 0.315 e. The van der Waals surface area contributed by atoms with Crippen molar-refractivity contribution in [2.75, 3.05) is 13.1 Å². The number of pyridine rings is 2. The zero-order valence-corrected chi connectivity index (χ0v) is 28.6. The van der Waals surface area contributed by atoms with Gasteiger partial charge in [0, 0.05) is 50.2 Å². The van der Waals surface area contributed by atoms with Gasteiger partial charge in [-0.25, -0.2) is 18.7 Å². The lowest BCUT2D eigenvalue weighted by atomic mass is 9.90. The molecule has 256 valence electrons. The summed E-state index contributed by atoms with van der Waals surface area (Å²) in [5.74, 6) is 0. The minimum absolute atomic E-state index is 0.00826. The normalized spacial score (nSPS) is 16.1. The van der Waals surface area contributed by atoms with Gasteiger partial charge >= 0.3 is 12.1 Å². The van der Waals surface area contributed by atoms with Gasteiger partial charge in [0.05, 0.1) is 12.1 Å². The van der Waals surface area contributed by atoms with Crippen molar-refractivity contribution < 1.29 is 18.7 Å². The van der Waals surface area contributed by atoms with Crippen LogP contribution in [-0.2, 0) is 13.1 Å². The molecule has 0 aliphatic heterocycles. The number of urea groups is 2. The number of nitrogens with zero attached hydrogens (tertiary/aromatic N) is 2. The van der Waals surface area contributed by atoms with Gasteiger partial charge in [0.1, 0.15) is 13.1 Å². The van der Waals surface area contributed by atoms with Crippen LogP contribution in [0, 0.1) is 0 Å². The van der Waals surface area contributed by atoms with Gasteiger partial charge in [-0.2, -0.15) is 0 Å². The van der Waals surface area contributed by atoms with Crippen molar-refractivity contribution in [3.05, 3.63) is 61.2 Å². The molecule has 8 heteroatoms. The molecule has 0 spiro atoms. The van der Waals surface area contributed by atoms with Crippen molar-refractivity contribution in [1.82, 2.24) is 21.3 Å². The van der Waals surface area contributed by atoms with Crippen LogP contribution in [0.25, 0.3) is 0 Å². The molecule has 4 amide bonds. The topological polar surface area (TPSA) is 90.0 Å². The number of amides is 4. The van der Waals surface area contributed by atoms with E-state index in [0.29, 0.717) is 13.1 Å². The van der Waals surface area contributed by atoms with Crippen molar-refractivity contribution >= 4 is 12.1 Å². The maximum absolute atomic E-state index is 12.6. The first-order valence-corrected chi connectivity index (χ1v) is 18.7. The van der Waals surface area contributed by atoms with Crippen LogP contribution in [0.4, 0.5) is 9.59 Å². The molecule has 1 fully saturated rings. The van der Waals surface area contributed by atoms with Crippen LogP contribution < -0.4 is 30.4 Å². The van der Waals surface area contributed by atoms with Crippen molar-refractivity contribution in [3.8, 4) is 0 Å². The van der Waals surface area contributed by atoms with E-state index in [9.17, 15) is 9.59 Å². The molecule has 1 aliphatic carbocycles. The first kappa shape index (κ1) is 37.3. The average Bonchev–Trinajstić information content (AvgIpc) is 3.08. The van der Waals surface area contributed by atoms with E-state index >= 15 is 0 Å². The highest BCUT2D eigenvalue weighted by Crippen LogP contribution is 2.18. The molecular formula is C38H64N6O2+2. The first-order chi connectivity index (χ1) is 22.7. The van der Waals surface area contributed by atoms with E-state index in [2.05, 4.69) is 91.6 Å². The maximum Gasteiger partial charge on any atom is 0.315 e. The number of carbonyl (C=O) groups excluding carboxylic acids is 2. The third-order valence-corrected chi connectivity index (χ3v) is 9.21. The van der Waals surface area contributed by atoms with Gasteiger partial charge in [0.2, 0.25) is 0 Å². The molecule has 2 aromatic rings. The second-order valence-electron chi connectivity index (χ2n) is 13.2. The average molecular weight is 637 g/mol. The van der Waals surface area contributed by atoms with Gasteiger partial charge in [0.15, 0.2) is 24.8 Å². The van der Waals surface area contributed by atoms with Gasteiger partial charge in [-0.15, -0.1) is 0 Å². The Labute approximate surface area is 279 Å². The van der Waals surface area contributed by atoms with E-state index in [1.165, 1.54) is 77.0 Å². The fourth-order valence-electron chi connectivity index (χ4n) is 6.45. The highest BCUT2D eigenvalue weighted by atomic mass is 16.2. The molecule has 2 heterocycles. The molecular weight excluding hydrogens is 572 g/mol. The summed E-state index contributed by atoms with van der Waals surface area (Å²) in [5.41, 5.74) is 0. The molecule has 0 bridgehead atoms. The Hall–Kier alpha value is -3.16. The quantitative estimate of drug-likeness (QED) is 0.0731. The third-order valence-electron chi connectivity index (χ3n) is 9.21. The monoisotopic (exact) mass is 637 g/mol. The Morgan fingerprint density at radius 1 is 0.457 bits per heavy atom. The number of unbranched alkanes of at least 4 members (excludes halogenated alkanes) is 14. The summed E-state index contributed by atoms with van der Waals surface area (Å²) in [6, 6.07) is 12.2. The van der Waals surface area contributed by atoms with Crippen LogP contribution >= 0.6 is 0 Å². The lowest BCUT2D eigenvalue weighted by Crippen LogP contribution is -2.56. The van der Waals surface area contributed by atoms with Crippen LogP contribution in [0.15, 0.2) is 61.2 Å². The molecule has 1 aliphatic rings. The lowest BCUT2D eigenvalue weighted by Gasteiger charge is -2.32. The molecule has 2 atom stereocenters. The molecule has 1 saturated carbocycles. The summed E-state index contributed by atoms with van der Waals surface area (Å²) in [7, 11) is 0. The fraction of sp³-hybridized carbons (Fsp3) is 0.684. The maximum atomic E-state index is 12.6. The van der Waals surface area contributed by atoms with E-state index in [-0.39, 0.29) is 24.1 Å². The highest BCUT2D eigenvalue weighted by molar-refractivity contribution is 5.75. The van der Waals surface area contributed by atoms with Gasteiger partial charge < -0.3 is 21.3 Å². The predicted octanol–water partition coefficient (Wildman–Crippen LogP) is 7.11. The van der Waals surface area contributed by atoms with Gasteiger partial charge in [-0.1, -0.05) is 89.2 Å². The van der Waals surface area contributed by atoms with Crippen molar-refractivity contribution in [3.63, 3.8) is 0 Å². The molecule has 46 heavy (non-hydrogen) atoms. The molecule has 0 saturated heterocycles. The summed E-state index contributed by atoms with van der Waals surface area (Å²) in [4.78, 5) is 25.1. The molecule has 0 radical (unpaired) electrons. The predicted molar refractivity (Wildman–Crippen MR) is 186 cm³/mol. The summed E-state index contributed by atoms with van der Waals surface area (Å²) >= 11 is 0. The van der Waals surface area contributed by atoms with Crippen molar-refractivity contribution in [1.29, 1.82) is 0 Å². The number of aromatic nitrogens is 2. The minimum atomic E-state index is -0.106. The van der Waals surface area contributed by atoms with E-state index < -0.39 is 0 Å². The second kappa shape index (κ2) is 25.0. The Morgan fingerprint density at radius 2 is 0.783 bits per heavy atom. The standard InChI is InChI=1S/C38H62N6O2/c45-37(39-27-17-9-5-1-3-7-11-19-29-43-31-21-13-22-32-43)41-35-25-15-16-26-36(35)42-38(46)40-28-18-10-6-2-4-8-12-20-30-44-33-23-14-24-34-44/h13-14,21-24,31-36H,1-12,15-20,25-30H2,(H2-2,39,40,41,42,45,46)/p+2/t35-,36-/m1/s1. The van der Waals surface area contributed by atoms with Crippen LogP contribution in [0.1, 0.15) is 128 Å². The van der Waals surface area contributed by atoms with Gasteiger partial charge in [-0.3, -0.25) is 0 Å².